The van der Waals surface area contributed by atoms with Crippen LogP contribution in [0, 0.1) is 0 Å². The second-order valence-corrected chi connectivity index (χ2v) is 7.21. The summed E-state index contributed by atoms with van der Waals surface area (Å²) < 4.78 is 16.8. The van der Waals surface area contributed by atoms with Crippen molar-refractivity contribution >= 4 is 11.6 Å². The first-order chi connectivity index (χ1) is 12.9. The quantitative estimate of drug-likeness (QED) is 0.772. The Hall–Kier alpha value is -2.95. The van der Waals surface area contributed by atoms with E-state index in [1.165, 1.54) is 0 Å². The van der Waals surface area contributed by atoms with E-state index in [1.807, 2.05) is 57.2 Å². The lowest BCUT2D eigenvalue weighted by molar-refractivity contribution is -0.120. The lowest BCUT2D eigenvalue weighted by Crippen LogP contribution is -2.34. The average molecular weight is 367 g/mol. The highest BCUT2D eigenvalue weighted by atomic mass is 16.6. The monoisotopic (exact) mass is 367 g/mol. The molecule has 0 spiro atoms. The van der Waals surface area contributed by atoms with Crippen molar-refractivity contribution in [2.24, 2.45) is 0 Å². The molecule has 0 aliphatic carbocycles. The average Bonchev–Trinajstić information content (AvgIpc) is 2.66. The summed E-state index contributed by atoms with van der Waals surface area (Å²) in [6.45, 7) is 11.0. The van der Waals surface area contributed by atoms with Gasteiger partial charge in [-0.25, -0.2) is 0 Å². The largest absolute Gasteiger partial charge is 0.489 e. The predicted molar refractivity (Wildman–Crippen MR) is 106 cm³/mol. The summed E-state index contributed by atoms with van der Waals surface area (Å²) in [6.07, 6.45) is 0. The minimum Gasteiger partial charge on any atom is -0.489 e. The molecule has 5 heteroatoms. The van der Waals surface area contributed by atoms with Crippen molar-refractivity contribution in [2.45, 2.75) is 26.2 Å². The topological polar surface area (TPSA) is 56.8 Å². The van der Waals surface area contributed by atoms with E-state index in [4.69, 9.17) is 14.2 Å². The van der Waals surface area contributed by atoms with Crippen molar-refractivity contribution < 1.29 is 19.0 Å². The summed E-state index contributed by atoms with van der Waals surface area (Å²) in [5, 5.41) is 2.98. The highest BCUT2D eigenvalue weighted by Gasteiger charge is 2.31. The van der Waals surface area contributed by atoms with E-state index >= 15 is 0 Å². The van der Waals surface area contributed by atoms with Crippen LogP contribution >= 0.6 is 0 Å². The van der Waals surface area contributed by atoms with Gasteiger partial charge in [0.2, 0.25) is 5.91 Å². The molecular weight excluding hydrogens is 342 g/mol. The Morgan fingerprint density at radius 3 is 2.63 bits per heavy atom. The zero-order valence-electron chi connectivity index (χ0n) is 16.0. The fourth-order valence-electron chi connectivity index (χ4n) is 2.72. The fraction of sp³-hybridized carbons (Fsp3) is 0.318. The maximum atomic E-state index is 12.9. The molecule has 2 aromatic rings. The molecule has 0 saturated heterocycles. The van der Waals surface area contributed by atoms with Crippen LogP contribution in [0.5, 0.6) is 17.2 Å². The molecular formula is C22H25NO4. The van der Waals surface area contributed by atoms with Crippen LogP contribution in [0.1, 0.15) is 26.3 Å². The molecule has 1 aliphatic rings. The second kappa shape index (κ2) is 7.74. The first-order valence-electron chi connectivity index (χ1n) is 8.95. The number of hydrogen-bond donors (Lipinski definition) is 1. The van der Waals surface area contributed by atoms with Crippen molar-refractivity contribution in [3.05, 3.63) is 60.2 Å². The number of nitrogens with one attached hydrogen (secondary N) is 1. The van der Waals surface area contributed by atoms with E-state index in [1.54, 1.807) is 6.07 Å². The molecule has 0 atom stereocenters. The molecule has 5 nitrogen and oxygen atoms in total. The van der Waals surface area contributed by atoms with Crippen LogP contribution in [-0.2, 0) is 10.2 Å². The molecule has 3 rings (SSSR count). The van der Waals surface area contributed by atoms with E-state index in [0.717, 1.165) is 11.1 Å². The molecule has 1 aliphatic heterocycles. The minimum atomic E-state index is -0.746. The van der Waals surface area contributed by atoms with Gasteiger partial charge in [0.15, 0.2) is 11.5 Å². The number of anilines is 1. The third kappa shape index (κ3) is 4.42. The number of fused-ring (bicyclic) bond motifs is 1. The Morgan fingerprint density at radius 1 is 1.15 bits per heavy atom. The number of carbonyl (C=O) groups is 1. The molecule has 0 unspecified atom stereocenters. The lowest BCUT2D eigenvalue weighted by Gasteiger charge is -2.26. The molecule has 1 N–H and O–H groups in total. The van der Waals surface area contributed by atoms with Crippen molar-refractivity contribution in [2.75, 3.05) is 25.1 Å². The van der Waals surface area contributed by atoms with Gasteiger partial charge in [0.1, 0.15) is 25.6 Å². The molecule has 27 heavy (non-hydrogen) atoms. The van der Waals surface area contributed by atoms with Crippen molar-refractivity contribution in [1.29, 1.82) is 0 Å². The van der Waals surface area contributed by atoms with Crippen LogP contribution in [0.15, 0.2) is 54.6 Å². The molecule has 0 radical (unpaired) electrons. The number of ether oxygens (including phenoxy) is 3. The Bertz CT molecular complexity index is 857. The van der Waals surface area contributed by atoms with Gasteiger partial charge in [-0.15, -0.1) is 0 Å². The molecule has 142 valence electrons. The molecule has 1 amide bonds. The van der Waals surface area contributed by atoms with Gasteiger partial charge in [-0.05, 0) is 56.2 Å². The predicted octanol–water partition coefficient (Wildman–Crippen LogP) is 4.33. The summed E-state index contributed by atoms with van der Waals surface area (Å²) in [4.78, 5) is 12.9. The van der Waals surface area contributed by atoms with Gasteiger partial charge >= 0.3 is 0 Å². The van der Waals surface area contributed by atoms with Gasteiger partial charge in [-0.3, -0.25) is 4.79 Å². The number of amides is 1. The molecule has 0 aromatic heterocycles. The van der Waals surface area contributed by atoms with Crippen LogP contribution < -0.4 is 19.5 Å². The number of benzene rings is 2. The summed E-state index contributed by atoms with van der Waals surface area (Å²) in [7, 11) is 0. The third-order valence-corrected chi connectivity index (χ3v) is 4.41. The zero-order valence-corrected chi connectivity index (χ0v) is 16.0. The lowest BCUT2D eigenvalue weighted by atomic mass is 9.83. The van der Waals surface area contributed by atoms with E-state index in [9.17, 15) is 4.79 Å². The molecule has 0 saturated carbocycles. The summed E-state index contributed by atoms with van der Waals surface area (Å²) in [6, 6.07) is 13.0. The van der Waals surface area contributed by atoms with E-state index < -0.39 is 5.41 Å². The molecule has 2 aromatic carbocycles. The van der Waals surface area contributed by atoms with Crippen molar-refractivity contribution in [1.82, 2.24) is 0 Å². The van der Waals surface area contributed by atoms with Gasteiger partial charge in [-0.1, -0.05) is 18.7 Å². The standard InChI is InChI=1S/C22H25NO4/c1-15(2)14-27-18-7-5-6-17(13-18)23-21(24)22(3,4)16-8-9-19-20(12-16)26-11-10-25-19/h5-9,12-13H,1,10-11,14H2,2-4H3,(H,23,24). The summed E-state index contributed by atoms with van der Waals surface area (Å²) >= 11 is 0. The second-order valence-electron chi connectivity index (χ2n) is 7.21. The fourth-order valence-corrected chi connectivity index (χ4v) is 2.72. The maximum absolute atomic E-state index is 12.9. The first kappa shape index (κ1) is 18.8. The Labute approximate surface area is 159 Å². The highest BCUT2D eigenvalue weighted by molar-refractivity contribution is 5.98. The Balaban J connectivity index is 1.75. The number of hydrogen-bond acceptors (Lipinski definition) is 4. The van der Waals surface area contributed by atoms with Crippen LogP contribution in [-0.4, -0.2) is 25.7 Å². The maximum Gasteiger partial charge on any atom is 0.234 e. The Morgan fingerprint density at radius 2 is 1.89 bits per heavy atom. The Kier molecular flexibility index (Phi) is 5.40. The smallest absolute Gasteiger partial charge is 0.234 e. The first-order valence-corrected chi connectivity index (χ1v) is 8.95. The number of rotatable bonds is 6. The highest BCUT2D eigenvalue weighted by Crippen LogP contribution is 2.35. The van der Waals surface area contributed by atoms with E-state index in [2.05, 4.69) is 11.9 Å². The van der Waals surface area contributed by atoms with Gasteiger partial charge in [0.05, 0.1) is 5.41 Å². The van der Waals surface area contributed by atoms with E-state index in [-0.39, 0.29) is 5.91 Å². The molecule has 0 fully saturated rings. The number of carbonyl (C=O) groups excluding carboxylic acids is 1. The van der Waals surface area contributed by atoms with Crippen LogP contribution in [0.25, 0.3) is 0 Å². The third-order valence-electron chi connectivity index (χ3n) is 4.41. The zero-order chi connectivity index (χ0) is 19.4. The molecule has 1 heterocycles. The van der Waals surface area contributed by atoms with Gasteiger partial charge < -0.3 is 19.5 Å². The normalized spacial score (nSPS) is 13.0. The van der Waals surface area contributed by atoms with Crippen LogP contribution in [0.2, 0.25) is 0 Å². The van der Waals surface area contributed by atoms with Gasteiger partial charge in [-0.2, -0.15) is 0 Å². The SMILES string of the molecule is C=C(C)COc1cccc(NC(=O)C(C)(C)c2ccc3c(c2)OCCO3)c1. The van der Waals surface area contributed by atoms with Gasteiger partial charge in [0, 0.05) is 11.8 Å². The summed E-state index contributed by atoms with van der Waals surface area (Å²) in [5.41, 5.74) is 1.73. The van der Waals surface area contributed by atoms with Crippen LogP contribution in [0.4, 0.5) is 5.69 Å². The van der Waals surface area contributed by atoms with Crippen molar-refractivity contribution in [3.63, 3.8) is 0 Å². The van der Waals surface area contributed by atoms with E-state index in [0.29, 0.717) is 42.8 Å². The molecule has 0 bridgehead atoms. The minimum absolute atomic E-state index is 0.115. The van der Waals surface area contributed by atoms with Gasteiger partial charge in [0.25, 0.3) is 0 Å². The van der Waals surface area contributed by atoms with Crippen molar-refractivity contribution in [3.8, 4) is 17.2 Å². The summed E-state index contributed by atoms with van der Waals surface area (Å²) in [5.74, 6) is 1.96. The van der Waals surface area contributed by atoms with Crippen LogP contribution in [0.3, 0.4) is 0 Å².